The highest BCUT2D eigenvalue weighted by Gasteiger charge is 2.35. The second-order valence-corrected chi connectivity index (χ2v) is 7.67. The van der Waals surface area contributed by atoms with Crippen molar-refractivity contribution in [3.05, 3.63) is 81.2 Å². The maximum Gasteiger partial charge on any atom is 0.293 e. The summed E-state index contributed by atoms with van der Waals surface area (Å²) >= 11 is 4.33. The van der Waals surface area contributed by atoms with Crippen molar-refractivity contribution in [3.8, 4) is 11.8 Å². The number of ether oxygens (including phenoxy) is 1. The van der Waals surface area contributed by atoms with Crippen LogP contribution in [0.1, 0.15) is 16.7 Å². The van der Waals surface area contributed by atoms with E-state index in [1.54, 1.807) is 42.5 Å². The Morgan fingerprint density at radius 1 is 1.25 bits per heavy atom. The van der Waals surface area contributed by atoms with E-state index < -0.39 is 0 Å². The normalized spacial score (nSPS) is 15.0. The average molecular weight is 455 g/mol. The van der Waals surface area contributed by atoms with Crippen LogP contribution in [0.3, 0.4) is 0 Å². The van der Waals surface area contributed by atoms with Crippen LogP contribution in [0.5, 0.6) is 5.75 Å². The molecule has 2 amide bonds. The highest BCUT2D eigenvalue weighted by Crippen LogP contribution is 2.35. The summed E-state index contributed by atoms with van der Waals surface area (Å²) in [6, 6.07) is 14.4. The molecule has 0 aromatic heterocycles. The zero-order chi connectivity index (χ0) is 20.1. The minimum Gasteiger partial charge on any atom is -0.488 e. The van der Waals surface area contributed by atoms with Crippen molar-refractivity contribution >= 4 is 44.9 Å². The molecule has 0 saturated carbocycles. The van der Waals surface area contributed by atoms with Gasteiger partial charge in [0, 0.05) is 0 Å². The van der Waals surface area contributed by atoms with Gasteiger partial charge in [-0.15, -0.1) is 0 Å². The van der Waals surface area contributed by atoms with Crippen LogP contribution in [-0.2, 0) is 11.3 Å². The smallest absolute Gasteiger partial charge is 0.293 e. The van der Waals surface area contributed by atoms with Crippen LogP contribution in [0.25, 0.3) is 6.08 Å². The summed E-state index contributed by atoms with van der Waals surface area (Å²) < 4.78 is 6.25. The first kappa shape index (κ1) is 19.9. The Bertz CT molecular complexity index is 1030. The van der Waals surface area contributed by atoms with Gasteiger partial charge in [0.25, 0.3) is 11.1 Å². The third kappa shape index (κ3) is 4.35. The summed E-state index contributed by atoms with van der Waals surface area (Å²) in [5.41, 5.74) is 1.85. The Hall–Kier alpha value is -2.82. The molecule has 2 aromatic rings. The summed E-state index contributed by atoms with van der Waals surface area (Å²) in [7, 11) is 0. The number of rotatable bonds is 6. The number of imide groups is 1. The molecule has 3 rings (SSSR count). The van der Waals surface area contributed by atoms with Gasteiger partial charge in [-0.3, -0.25) is 14.5 Å². The van der Waals surface area contributed by atoms with E-state index in [1.165, 1.54) is 0 Å². The molecule has 0 spiro atoms. The molecule has 1 saturated heterocycles. The van der Waals surface area contributed by atoms with E-state index in [1.807, 2.05) is 12.1 Å². The van der Waals surface area contributed by atoms with E-state index in [0.717, 1.165) is 26.7 Å². The fourth-order valence-corrected chi connectivity index (χ4v) is 3.95. The molecule has 28 heavy (non-hydrogen) atoms. The Morgan fingerprint density at radius 3 is 2.75 bits per heavy atom. The molecule has 140 valence electrons. The Labute approximate surface area is 175 Å². The van der Waals surface area contributed by atoms with Crippen LogP contribution in [0.4, 0.5) is 4.79 Å². The number of hydrogen-bond acceptors (Lipinski definition) is 5. The second kappa shape index (κ2) is 8.91. The number of amides is 2. The number of thioether (sulfide) groups is 1. The quantitative estimate of drug-likeness (QED) is 0.447. The van der Waals surface area contributed by atoms with Gasteiger partial charge in [0.05, 0.1) is 27.6 Å². The summed E-state index contributed by atoms with van der Waals surface area (Å²) in [5.74, 6) is 0.295. The van der Waals surface area contributed by atoms with Gasteiger partial charge in [-0.25, -0.2) is 0 Å². The Balaban J connectivity index is 1.80. The predicted octanol–water partition coefficient (Wildman–Crippen LogP) is 5.12. The van der Waals surface area contributed by atoms with Crippen LogP contribution in [0.2, 0.25) is 0 Å². The summed E-state index contributed by atoms with van der Waals surface area (Å²) in [6.45, 7) is 4.07. The number of nitriles is 1. The van der Waals surface area contributed by atoms with Gasteiger partial charge in [0.2, 0.25) is 0 Å². The monoisotopic (exact) mass is 454 g/mol. The van der Waals surface area contributed by atoms with Crippen molar-refractivity contribution in [1.29, 1.82) is 5.26 Å². The SMILES string of the molecule is C=CCOc1ccc(/C=C2/SC(=O)N(Cc3ccccc3C#N)C2=O)cc1Br. The fraction of sp³-hybridized carbons (Fsp3) is 0.0952. The number of halogens is 1. The standard InChI is InChI=1S/C21H15BrN2O3S/c1-2-9-27-18-8-7-14(10-17(18)22)11-19-20(25)24(21(26)28-19)13-16-6-4-3-5-15(16)12-23/h2-8,10-11H,1,9,13H2/b19-11+. The highest BCUT2D eigenvalue weighted by atomic mass is 79.9. The van der Waals surface area contributed by atoms with Gasteiger partial charge in [0.1, 0.15) is 12.4 Å². The van der Waals surface area contributed by atoms with Crippen LogP contribution in [-0.4, -0.2) is 22.7 Å². The van der Waals surface area contributed by atoms with E-state index in [2.05, 4.69) is 28.6 Å². The first-order chi connectivity index (χ1) is 13.5. The third-order valence-electron chi connectivity index (χ3n) is 3.95. The molecule has 0 atom stereocenters. The first-order valence-electron chi connectivity index (χ1n) is 8.30. The van der Waals surface area contributed by atoms with Crippen molar-refractivity contribution < 1.29 is 14.3 Å². The van der Waals surface area contributed by atoms with Gasteiger partial charge >= 0.3 is 0 Å². The minimum atomic E-state index is -0.370. The number of carbonyl (C=O) groups is 2. The van der Waals surface area contributed by atoms with Crippen LogP contribution in [0.15, 0.2) is 64.5 Å². The average Bonchev–Trinajstić information content (AvgIpc) is 2.95. The number of carbonyl (C=O) groups excluding carboxylic acids is 2. The van der Waals surface area contributed by atoms with Crippen LogP contribution in [0, 0.1) is 11.3 Å². The molecule has 0 bridgehead atoms. The lowest BCUT2D eigenvalue weighted by Gasteiger charge is -2.13. The molecular weight excluding hydrogens is 440 g/mol. The molecule has 0 N–H and O–H groups in total. The zero-order valence-electron chi connectivity index (χ0n) is 14.7. The number of hydrogen-bond donors (Lipinski definition) is 0. The van der Waals surface area contributed by atoms with Crippen molar-refractivity contribution in [2.75, 3.05) is 6.61 Å². The maximum atomic E-state index is 12.7. The minimum absolute atomic E-state index is 0.0732. The largest absolute Gasteiger partial charge is 0.488 e. The maximum absolute atomic E-state index is 12.7. The number of benzene rings is 2. The van der Waals surface area contributed by atoms with E-state index >= 15 is 0 Å². The number of nitrogens with zero attached hydrogens (tertiary/aromatic N) is 2. The van der Waals surface area contributed by atoms with E-state index in [0.29, 0.717) is 28.4 Å². The molecule has 5 nitrogen and oxygen atoms in total. The lowest BCUT2D eigenvalue weighted by atomic mass is 10.1. The summed E-state index contributed by atoms with van der Waals surface area (Å²) in [5, 5.41) is 8.85. The third-order valence-corrected chi connectivity index (χ3v) is 5.48. The molecule has 1 heterocycles. The van der Waals surface area contributed by atoms with E-state index in [9.17, 15) is 14.9 Å². The van der Waals surface area contributed by atoms with Crippen molar-refractivity contribution in [2.24, 2.45) is 0 Å². The van der Waals surface area contributed by atoms with Gasteiger partial charge < -0.3 is 4.74 Å². The molecule has 1 fully saturated rings. The molecule has 0 unspecified atom stereocenters. The topological polar surface area (TPSA) is 70.4 Å². The van der Waals surface area contributed by atoms with Crippen molar-refractivity contribution in [1.82, 2.24) is 4.90 Å². The zero-order valence-corrected chi connectivity index (χ0v) is 17.1. The lowest BCUT2D eigenvalue weighted by molar-refractivity contribution is -0.123. The molecule has 1 aliphatic heterocycles. The Morgan fingerprint density at radius 2 is 2.04 bits per heavy atom. The fourth-order valence-electron chi connectivity index (χ4n) is 2.60. The lowest BCUT2D eigenvalue weighted by Crippen LogP contribution is -2.27. The second-order valence-electron chi connectivity index (χ2n) is 5.83. The Kier molecular flexibility index (Phi) is 6.34. The molecule has 0 radical (unpaired) electrons. The van der Waals surface area contributed by atoms with Crippen LogP contribution < -0.4 is 4.74 Å². The molecule has 7 heteroatoms. The summed E-state index contributed by atoms with van der Waals surface area (Å²) in [6.07, 6.45) is 3.32. The van der Waals surface area contributed by atoms with Gasteiger partial charge in [0.15, 0.2) is 0 Å². The van der Waals surface area contributed by atoms with E-state index in [4.69, 9.17) is 4.74 Å². The van der Waals surface area contributed by atoms with Crippen LogP contribution >= 0.6 is 27.7 Å². The molecular formula is C21H15BrN2O3S. The van der Waals surface area contributed by atoms with Gasteiger partial charge in [-0.05, 0) is 63.1 Å². The van der Waals surface area contributed by atoms with Crippen molar-refractivity contribution in [3.63, 3.8) is 0 Å². The van der Waals surface area contributed by atoms with Crippen molar-refractivity contribution in [2.45, 2.75) is 6.54 Å². The van der Waals surface area contributed by atoms with Gasteiger partial charge in [-0.1, -0.05) is 36.9 Å². The van der Waals surface area contributed by atoms with E-state index in [-0.39, 0.29) is 17.7 Å². The molecule has 0 aliphatic carbocycles. The molecule has 2 aromatic carbocycles. The predicted molar refractivity (Wildman–Crippen MR) is 113 cm³/mol. The van der Waals surface area contributed by atoms with Gasteiger partial charge in [-0.2, -0.15) is 5.26 Å². The first-order valence-corrected chi connectivity index (χ1v) is 9.91. The highest BCUT2D eigenvalue weighted by molar-refractivity contribution is 9.10. The molecule has 1 aliphatic rings. The summed E-state index contributed by atoms with van der Waals surface area (Å²) in [4.78, 5) is 26.5.